The van der Waals surface area contributed by atoms with Crippen molar-refractivity contribution in [1.82, 2.24) is 14.3 Å². The first-order chi connectivity index (χ1) is 11.3. The minimum atomic E-state index is -3.99. The zero-order chi connectivity index (χ0) is 17.5. The molecule has 0 saturated heterocycles. The third kappa shape index (κ3) is 3.04. The number of aromatic nitrogens is 2. The minimum absolute atomic E-state index is 0.261. The molecule has 0 unspecified atom stereocenters. The van der Waals surface area contributed by atoms with Gasteiger partial charge in [-0.2, -0.15) is 0 Å². The zero-order valence-corrected chi connectivity index (χ0v) is 14.2. The van der Waals surface area contributed by atoms with Gasteiger partial charge in [-0.1, -0.05) is 12.1 Å². The van der Waals surface area contributed by atoms with Crippen molar-refractivity contribution in [2.24, 2.45) is 0 Å². The van der Waals surface area contributed by atoms with Gasteiger partial charge < -0.3 is 4.57 Å². The SMILES string of the molecule is Cc1cn2c(n1)CC[C@H](NS(=O)(=O)c1c(C)cccc1[N+](=O)[O-])C2. The van der Waals surface area contributed by atoms with Crippen molar-refractivity contribution in [2.75, 3.05) is 0 Å². The van der Waals surface area contributed by atoms with Gasteiger partial charge in [0.1, 0.15) is 5.82 Å². The predicted octanol–water partition coefficient (Wildman–Crippen LogP) is 1.70. The van der Waals surface area contributed by atoms with E-state index in [0.717, 1.165) is 11.5 Å². The molecule has 0 amide bonds. The third-order valence-electron chi connectivity index (χ3n) is 4.09. The molecular formula is C15H18N4O4S. The number of rotatable bonds is 4. The van der Waals surface area contributed by atoms with E-state index in [2.05, 4.69) is 9.71 Å². The number of benzene rings is 1. The Balaban J connectivity index is 1.89. The topological polar surface area (TPSA) is 107 Å². The molecule has 2 aromatic rings. The van der Waals surface area contributed by atoms with Gasteiger partial charge >= 0.3 is 0 Å². The maximum absolute atomic E-state index is 12.7. The molecule has 1 aliphatic heterocycles. The largest absolute Gasteiger partial charge is 0.333 e. The van der Waals surface area contributed by atoms with Crippen LogP contribution in [0.1, 0.15) is 23.5 Å². The lowest BCUT2D eigenvalue weighted by Gasteiger charge is -2.24. The number of hydrogen-bond donors (Lipinski definition) is 1. The summed E-state index contributed by atoms with van der Waals surface area (Å²) in [7, 11) is -3.99. The molecule has 1 aliphatic rings. The summed E-state index contributed by atoms with van der Waals surface area (Å²) in [5.74, 6) is 0.935. The molecule has 1 aromatic carbocycles. The average Bonchev–Trinajstić information content (AvgIpc) is 2.85. The molecule has 1 N–H and O–H groups in total. The fourth-order valence-corrected chi connectivity index (χ4v) is 4.75. The van der Waals surface area contributed by atoms with Gasteiger partial charge in [0, 0.05) is 31.3 Å². The summed E-state index contributed by atoms with van der Waals surface area (Å²) in [5.41, 5.74) is 0.840. The van der Waals surface area contributed by atoms with Gasteiger partial charge in [-0.3, -0.25) is 10.1 Å². The highest BCUT2D eigenvalue weighted by Gasteiger charge is 2.31. The Morgan fingerprint density at radius 2 is 2.12 bits per heavy atom. The third-order valence-corrected chi connectivity index (χ3v) is 5.80. The molecule has 0 saturated carbocycles. The standard InChI is InChI=1S/C15H18N4O4S/c1-10-4-3-5-13(19(20)21)15(10)24(22,23)17-12-6-7-14-16-11(2)8-18(14)9-12/h3-5,8,12,17H,6-7,9H2,1-2H3/t12-/m0/s1. The van der Waals surface area contributed by atoms with Crippen LogP contribution in [0.2, 0.25) is 0 Å². The number of nitrogens with zero attached hydrogens (tertiary/aromatic N) is 3. The monoisotopic (exact) mass is 350 g/mol. The normalized spacial score (nSPS) is 17.5. The van der Waals surface area contributed by atoms with E-state index in [1.807, 2.05) is 17.7 Å². The summed E-state index contributed by atoms with van der Waals surface area (Å²) in [6.45, 7) is 3.91. The van der Waals surface area contributed by atoms with Gasteiger partial charge in [0.05, 0.1) is 10.6 Å². The summed E-state index contributed by atoms with van der Waals surface area (Å²) >= 11 is 0. The molecule has 0 bridgehead atoms. The van der Waals surface area contributed by atoms with Crippen molar-refractivity contribution in [3.63, 3.8) is 0 Å². The van der Waals surface area contributed by atoms with Crippen LogP contribution in [0.3, 0.4) is 0 Å². The summed E-state index contributed by atoms with van der Waals surface area (Å²) in [6, 6.07) is 3.92. The Labute approximate surface area is 139 Å². The fraction of sp³-hybridized carbons (Fsp3) is 0.400. The van der Waals surface area contributed by atoms with Crippen LogP contribution in [-0.4, -0.2) is 28.9 Å². The van der Waals surface area contributed by atoms with E-state index < -0.39 is 20.6 Å². The first kappa shape index (κ1) is 16.6. The Morgan fingerprint density at radius 1 is 1.38 bits per heavy atom. The van der Waals surface area contributed by atoms with Gasteiger partial charge in [0.25, 0.3) is 5.69 Å². The molecule has 2 heterocycles. The van der Waals surface area contributed by atoms with Crippen molar-refractivity contribution in [3.05, 3.63) is 51.6 Å². The first-order valence-corrected chi connectivity index (χ1v) is 9.05. The highest BCUT2D eigenvalue weighted by Crippen LogP contribution is 2.27. The van der Waals surface area contributed by atoms with Crippen molar-refractivity contribution >= 4 is 15.7 Å². The number of aryl methyl sites for hydroxylation is 3. The number of imidazole rings is 1. The van der Waals surface area contributed by atoms with Crippen molar-refractivity contribution in [1.29, 1.82) is 0 Å². The van der Waals surface area contributed by atoms with Crippen LogP contribution in [0.25, 0.3) is 0 Å². The molecule has 8 nitrogen and oxygen atoms in total. The molecule has 9 heteroatoms. The maximum atomic E-state index is 12.7. The zero-order valence-electron chi connectivity index (χ0n) is 13.4. The lowest BCUT2D eigenvalue weighted by Crippen LogP contribution is -2.41. The molecule has 1 atom stereocenters. The van der Waals surface area contributed by atoms with Crippen LogP contribution in [0.15, 0.2) is 29.3 Å². The molecular weight excluding hydrogens is 332 g/mol. The summed E-state index contributed by atoms with van der Waals surface area (Å²) in [4.78, 5) is 14.6. The molecule has 3 rings (SSSR count). The molecule has 0 spiro atoms. The van der Waals surface area contributed by atoms with E-state index in [4.69, 9.17) is 0 Å². The second kappa shape index (κ2) is 5.99. The van der Waals surface area contributed by atoms with Crippen molar-refractivity contribution in [3.8, 4) is 0 Å². The van der Waals surface area contributed by atoms with Gasteiger partial charge in [-0.25, -0.2) is 18.1 Å². The number of nitro groups is 1. The molecule has 0 fully saturated rings. The van der Waals surface area contributed by atoms with Crippen molar-refractivity contribution in [2.45, 2.75) is 44.2 Å². The van der Waals surface area contributed by atoms with Crippen LogP contribution in [0.5, 0.6) is 0 Å². The van der Waals surface area contributed by atoms with E-state index in [1.165, 1.54) is 12.1 Å². The quantitative estimate of drug-likeness (QED) is 0.667. The van der Waals surface area contributed by atoms with E-state index in [9.17, 15) is 18.5 Å². The van der Waals surface area contributed by atoms with E-state index in [0.29, 0.717) is 24.9 Å². The highest BCUT2D eigenvalue weighted by molar-refractivity contribution is 7.89. The Hall–Kier alpha value is -2.26. The molecule has 128 valence electrons. The number of nitro benzene ring substituents is 1. The van der Waals surface area contributed by atoms with Crippen LogP contribution in [0, 0.1) is 24.0 Å². The summed E-state index contributed by atoms with van der Waals surface area (Å²) in [6.07, 6.45) is 3.15. The van der Waals surface area contributed by atoms with Gasteiger partial charge in [-0.15, -0.1) is 0 Å². The average molecular weight is 350 g/mol. The second-order valence-corrected chi connectivity index (χ2v) is 7.64. The summed E-state index contributed by atoms with van der Waals surface area (Å²) < 4.78 is 30.0. The van der Waals surface area contributed by atoms with E-state index >= 15 is 0 Å². The Kier molecular flexibility index (Phi) is 4.14. The first-order valence-electron chi connectivity index (χ1n) is 7.57. The van der Waals surface area contributed by atoms with Crippen LogP contribution < -0.4 is 4.72 Å². The van der Waals surface area contributed by atoms with Gasteiger partial charge in [0.2, 0.25) is 10.0 Å². The summed E-state index contributed by atoms with van der Waals surface area (Å²) in [5, 5.41) is 11.2. The highest BCUT2D eigenvalue weighted by atomic mass is 32.2. The molecule has 1 aromatic heterocycles. The number of fused-ring (bicyclic) bond motifs is 1. The molecule has 0 aliphatic carbocycles. The smallest absolute Gasteiger partial charge is 0.289 e. The number of hydrogen-bond acceptors (Lipinski definition) is 5. The Bertz CT molecular complexity index is 904. The number of nitrogens with one attached hydrogen (secondary N) is 1. The molecule has 24 heavy (non-hydrogen) atoms. The van der Waals surface area contributed by atoms with Crippen molar-refractivity contribution < 1.29 is 13.3 Å². The number of sulfonamides is 1. The van der Waals surface area contributed by atoms with Crippen LogP contribution in [-0.2, 0) is 23.0 Å². The van der Waals surface area contributed by atoms with E-state index in [1.54, 1.807) is 13.0 Å². The van der Waals surface area contributed by atoms with Gasteiger partial charge in [0.15, 0.2) is 4.90 Å². The predicted molar refractivity (Wildman–Crippen MR) is 87.2 cm³/mol. The van der Waals surface area contributed by atoms with Crippen LogP contribution in [0.4, 0.5) is 5.69 Å². The van der Waals surface area contributed by atoms with Gasteiger partial charge in [-0.05, 0) is 25.8 Å². The minimum Gasteiger partial charge on any atom is -0.333 e. The van der Waals surface area contributed by atoms with E-state index in [-0.39, 0.29) is 10.9 Å². The molecule has 0 radical (unpaired) electrons. The Morgan fingerprint density at radius 3 is 2.83 bits per heavy atom. The maximum Gasteiger partial charge on any atom is 0.289 e. The lowest BCUT2D eigenvalue weighted by atomic mass is 10.1. The fourth-order valence-electron chi connectivity index (χ4n) is 3.09. The lowest BCUT2D eigenvalue weighted by molar-refractivity contribution is -0.387. The van der Waals surface area contributed by atoms with Crippen LogP contribution >= 0.6 is 0 Å². The second-order valence-electron chi connectivity index (χ2n) is 5.99.